The van der Waals surface area contributed by atoms with Crippen molar-refractivity contribution in [2.24, 2.45) is 0 Å². The largest absolute Gasteiger partial charge is 0.310 e. The Hall–Kier alpha value is -0.770. The van der Waals surface area contributed by atoms with Crippen molar-refractivity contribution in [3.63, 3.8) is 0 Å². The average Bonchev–Trinajstić information content (AvgIpc) is 2.53. The molecule has 0 aromatic heterocycles. The maximum absolute atomic E-state index is 3.67. The number of hydrogen-bond acceptors (Lipinski definition) is 2. The lowest BCUT2D eigenvalue weighted by Crippen LogP contribution is -2.24. The zero-order valence-corrected chi connectivity index (χ0v) is 15.0. The minimum Gasteiger partial charge on any atom is -0.310 e. The van der Waals surface area contributed by atoms with Crippen molar-refractivity contribution < 1.29 is 0 Å². The second-order valence-corrected chi connectivity index (χ2v) is 6.81. The highest BCUT2D eigenvalue weighted by Crippen LogP contribution is 2.25. The molecule has 0 fully saturated rings. The van der Waals surface area contributed by atoms with Gasteiger partial charge in [0.2, 0.25) is 0 Å². The van der Waals surface area contributed by atoms with Gasteiger partial charge in [-0.1, -0.05) is 53.2 Å². The highest BCUT2D eigenvalue weighted by atomic mass is 79.9. The number of thioether (sulfide) groups is 1. The van der Waals surface area contributed by atoms with E-state index in [1.807, 2.05) is 0 Å². The minimum absolute atomic E-state index is 0.361. The summed E-state index contributed by atoms with van der Waals surface area (Å²) in [5, 5.41) is 3.67. The van der Waals surface area contributed by atoms with Crippen molar-refractivity contribution in [2.75, 3.05) is 12.8 Å². The molecule has 1 N–H and O–H groups in total. The zero-order valence-electron chi connectivity index (χ0n) is 12.6. The minimum atomic E-state index is 0.361. The fourth-order valence-corrected chi connectivity index (χ4v) is 3.20. The molecular formula is C18H22BrNS. The zero-order chi connectivity index (χ0) is 15.1. The van der Waals surface area contributed by atoms with Crippen LogP contribution < -0.4 is 5.32 Å². The van der Waals surface area contributed by atoms with Crippen molar-refractivity contribution in [1.29, 1.82) is 0 Å². The monoisotopic (exact) mass is 363 g/mol. The molecule has 2 aromatic carbocycles. The van der Waals surface area contributed by atoms with Crippen LogP contribution in [0.3, 0.4) is 0 Å². The number of benzene rings is 2. The molecule has 1 nitrogen and oxygen atoms in total. The molecule has 1 atom stereocenters. The first-order valence-electron chi connectivity index (χ1n) is 7.35. The standard InChI is InChI=1S/C18H22BrNS/c1-3-12-20-18(13-15-6-4-5-7-17(15)19)14-8-10-16(21-2)11-9-14/h4-11,18,20H,3,12-13H2,1-2H3. The number of rotatable bonds is 7. The van der Waals surface area contributed by atoms with Crippen molar-refractivity contribution in [3.8, 4) is 0 Å². The highest BCUT2D eigenvalue weighted by molar-refractivity contribution is 9.10. The van der Waals surface area contributed by atoms with Crippen LogP contribution in [0, 0.1) is 0 Å². The van der Waals surface area contributed by atoms with Gasteiger partial charge in [-0.05, 0) is 55.0 Å². The molecular weight excluding hydrogens is 342 g/mol. The van der Waals surface area contributed by atoms with Gasteiger partial charge in [-0.25, -0.2) is 0 Å². The van der Waals surface area contributed by atoms with Gasteiger partial charge in [0, 0.05) is 15.4 Å². The predicted octanol–water partition coefficient (Wildman–Crippen LogP) is 5.45. The number of hydrogen-bond donors (Lipinski definition) is 1. The van der Waals surface area contributed by atoms with Gasteiger partial charge in [-0.3, -0.25) is 0 Å². The molecule has 0 aliphatic rings. The molecule has 3 heteroatoms. The van der Waals surface area contributed by atoms with Gasteiger partial charge in [0.25, 0.3) is 0 Å². The van der Waals surface area contributed by atoms with Gasteiger partial charge < -0.3 is 5.32 Å². The maximum atomic E-state index is 3.67. The summed E-state index contributed by atoms with van der Waals surface area (Å²) in [7, 11) is 0. The van der Waals surface area contributed by atoms with Crippen molar-refractivity contribution in [1.82, 2.24) is 5.32 Å². The predicted molar refractivity (Wildman–Crippen MR) is 97.1 cm³/mol. The van der Waals surface area contributed by atoms with E-state index in [9.17, 15) is 0 Å². The Bertz CT molecular complexity index is 553. The molecule has 0 amide bonds. The van der Waals surface area contributed by atoms with Crippen LogP contribution in [0.15, 0.2) is 57.9 Å². The Balaban J connectivity index is 2.18. The van der Waals surface area contributed by atoms with Gasteiger partial charge in [0.15, 0.2) is 0 Å². The first-order valence-corrected chi connectivity index (χ1v) is 9.37. The van der Waals surface area contributed by atoms with Crippen molar-refractivity contribution in [3.05, 3.63) is 64.1 Å². The van der Waals surface area contributed by atoms with Gasteiger partial charge in [-0.15, -0.1) is 11.8 Å². The summed E-state index contributed by atoms with van der Waals surface area (Å²) < 4.78 is 1.19. The first-order chi connectivity index (χ1) is 10.2. The first kappa shape index (κ1) is 16.6. The van der Waals surface area contributed by atoms with Crippen LogP contribution in [-0.4, -0.2) is 12.8 Å². The maximum Gasteiger partial charge on any atom is 0.0361 e. The molecule has 0 spiro atoms. The van der Waals surface area contributed by atoms with E-state index >= 15 is 0 Å². The van der Waals surface area contributed by atoms with Crippen LogP contribution in [0.25, 0.3) is 0 Å². The normalized spacial score (nSPS) is 12.3. The molecule has 0 bridgehead atoms. The Morgan fingerprint density at radius 3 is 2.43 bits per heavy atom. The quantitative estimate of drug-likeness (QED) is 0.655. The molecule has 0 aliphatic heterocycles. The van der Waals surface area contributed by atoms with E-state index in [2.05, 4.69) is 83.0 Å². The van der Waals surface area contributed by atoms with E-state index in [4.69, 9.17) is 0 Å². The Labute approximate surface area is 140 Å². The van der Waals surface area contributed by atoms with E-state index in [0.717, 1.165) is 19.4 Å². The number of nitrogens with one attached hydrogen (secondary N) is 1. The summed E-state index contributed by atoms with van der Waals surface area (Å²) in [5.74, 6) is 0. The lowest BCUT2D eigenvalue weighted by atomic mass is 9.99. The fraction of sp³-hybridized carbons (Fsp3) is 0.333. The summed E-state index contributed by atoms with van der Waals surface area (Å²) in [5.41, 5.74) is 2.71. The number of halogens is 1. The lowest BCUT2D eigenvalue weighted by Gasteiger charge is -2.20. The molecule has 0 aliphatic carbocycles. The third-order valence-electron chi connectivity index (χ3n) is 3.54. The van der Waals surface area contributed by atoms with Gasteiger partial charge in [0.05, 0.1) is 0 Å². The molecule has 0 heterocycles. The van der Waals surface area contributed by atoms with Gasteiger partial charge in [0.1, 0.15) is 0 Å². The van der Waals surface area contributed by atoms with Crippen LogP contribution >= 0.6 is 27.7 Å². The van der Waals surface area contributed by atoms with Gasteiger partial charge >= 0.3 is 0 Å². The van der Waals surface area contributed by atoms with Crippen LogP contribution in [0.1, 0.15) is 30.5 Å². The van der Waals surface area contributed by atoms with Crippen LogP contribution in [-0.2, 0) is 6.42 Å². The van der Waals surface area contributed by atoms with Crippen LogP contribution in [0.4, 0.5) is 0 Å². The van der Waals surface area contributed by atoms with Crippen LogP contribution in [0.2, 0.25) is 0 Å². The topological polar surface area (TPSA) is 12.0 Å². The molecule has 2 aromatic rings. The van der Waals surface area contributed by atoms with Crippen molar-refractivity contribution in [2.45, 2.75) is 30.7 Å². The van der Waals surface area contributed by atoms with E-state index in [-0.39, 0.29) is 0 Å². The Kier molecular flexibility index (Phi) is 6.81. The van der Waals surface area contributed by atoms with Crippen molar-refractivity contribution >= 4 is 27.7 Å². The molecule has 2 rings (SSSR count). The third kappa shape index (κ3) is 4.87. The SMILES string of the molecule is CCCNC(Cc1ccccc1Br)c1ccc(SC)cc1. The molecule has 0 saturated heterocycles. The molecule has 1 unspecified atom stereocenters. The van der Waals surface area contributed by atoms with Gasteiger partial charge in [-0.2, -0.15) is 0 Å². The summed E-state index contributed by atoms with van der Waals surface area (Å²) in [6.45, 7) is 3.25. The molecule has 0 radical (unpaired) electrons. The van der Waals surface area contributed by atoms with E-state index < -0.39 is 0 Å². The second kappa shape index (κ2) is 8.62. The summed E-state index contributed by atoms with van der Waals surface area (Å²) in [6.07, 6.45) is 4.26. The fourth-order valence-electron chi connectivity index (χ4n) is 2.35. The third-order valence-corrected chi connectivity index (χ3v) is 5.06. The smallest absolute Gasteiger partial charge is 0.0361 e. The molecule has 0 saturated carbocycles. The second-order valence-electron chi connectivity index (χ2n) is 5.08. The van der Waals surface area contributed by atoms with E-state index in [0.29, 0.717) is 6.04 Å². The lowest BCUT2D eigenvalue weighted by molar-refractivity contribution is 0.528. The molecule has 112 valence electrons. The summed E-state index contributed by atoms with van der Waals surface area (Å²) >= 11 is 5.44. The average molecular weight is 364 g/mol. The highest BCUT2D eigenvalue weighted by Gasteiger charge is 2.13. The van der Waals surface area contributed by atoms with E-state index in [1.165, 1.54) is 20.5 Å². The van der Waals surface area contributed by atoms with Crippen LogP contribution in [0.5, 0.6) is 0 Å². The molecule has 21 heavy (non-hydrogen) atoms. The Morgan fingerprint density at radius 2 is 1.81 bits per heavy atom. The summed E-state index contributed by atoms with van der Waals surface area (Å²) in [6, 6.07) is 17.8. The summed E-state index contributed by atoms with van der Waals surface area (Å²) in [4.78, 5) is 1.31. The van der Waals surface area contributed by atoms with E-state index in [1.54, 1.807) is 11.8 Å². The Morgan fingerprint density at radius 1 is 1.10 bits per heavy atom.